The molecule has 2 heterocycles. The number of aromatic nitrogens is 2. The summed E-state index contributed by atoms with van der Waals surface area (Å²) in [5.74, 6) is -0.565. The molecule has 1 aromatic carbocycles. The summed E-state index contributed by atoms with van der Waals surface area (Å²) in [6.45, 7) is 2.09. The average molecular weight is 373 g/mol. The second kappa shape index (κ2) is 8.13. The smallest absolute Gasteiger partial charge is 0.266 e. The van der Waals surface area contributed by atoms with Crippen molar-refractivity contribution in [3.63, 3.8) is 0 Å². The molecule has 2 N–H and O–H groups in total. The van der Waals surface area contributed by atoms with E-state index < -0.39 is 5.91 Å². The Morgan fingerprint density at radius 3 is 2.74 bits per heavy atom. The lowest BCUT2D eigenvalue weighted by atomic mass is 10.0. The van der Waals surface area contributed by atoms with Gasteiger partial charge in [0.05, 0.1) is 17.5 Å². The normalized spacial score (nSPS) is 10.9. The minimum Gasteiger partial charge on any atom is -0.312 e. The van der Waals surface area contributed by atoms with E-state index >= 15 is 0 Å². The SMILES string of the molecule is CCc1ccc(-c2[nH]ncc2C=C(C#N)C(=O)Nc2sccc2C#N)cc1. The highest BCUT2D eigenvalue weighted by molar-refractivity contribution is 7.14. The van der Waals surface area contributed by atoms with E-state index in [9.17, 15) is 10.1 Å². The molecule has 7 heteroatoms. The highest BCUT2D eigenvalue weighted by atomic mass is 32.1. The van der Waals surface area contributed by atoms with Crippen molar-refractivity contribution in [1.29, 1.82) is 10.5 Å². The predicted molar refractivity (Wildman–Crippen MR) is 105 cm³/mol. The molecule has 0 fully saturated rings. The summed E-state index contributed by atoms with van der Waals surface area (Å²) in [7, 11) is 0. The number of H-pyrrole nitrogens is 1. The Morgan fingerprint density at radius 1 is 1.30 bits per heavy atom. The van der Waals surface area contributed by atoms with Crippen molar-refractivity contribution >= 4 is 28.3 Å². The standard InChI is InChI=1S/C20H15N5OS/c1-2-13-3-5-14(6-4-13)18-17(12-23-25-18)9-16(11-22)19(26)24-20-15(10-21)7-8-27-20/h3-9,12H,2H2,1H3,(H,23,25)(H,24,26). The number of amides is 1. The Bertz CT molecular complexity index is 1080. The number of carbonyl (C=O) groups excluding carboxylic acids is 1. The molecule has 0 atom stereocenters. The zero-order chi connectivity index (χ0) is 19.2. The fourth-order valence-corrected chi connectivity index (χ4v) is 3.24. The van der Waals surface area contributed by atoms with Crippen LogP contribution in [0.1, 0.15) is 23.6 Å². The van der Waals surface area contributed by atoms with Gasteiger partial charge in [0, 0.05) is 11.1 Å². The Labute approximate surface area is 160 Å². The van der Waals surface area contributed by atoms with Gasteiger partial charge in [-0.3, -0.25) is 9.89 Å². The summed E-state index contributed by atoms with van der Waals surface area (Å²) in [6, 6.07) is 13.5. The molecule has 0 unspecified atom stereocenters. The molecule has 2 aromatic heterocycles. The molecule has 3 rings (SSSR count). The van der Waals surface area contributed by atoms with E-state index in [4.69, 9.17) is 5.26 Å². The third kappa shape index (κ3) is 3.95. The van der Waals surface area contributed by atoms with Crippen molar-refractivity contribution < 1.29 is 4.79 Å². The van der Waals surface area contributed by atoms with Crippen LogP contribution in [-0.2, 0) is 11.2 Å². The minimum absolute atomic E-state index is 0.0693. The third-order valence-corrected chi connectivity index (χ3v) is 4.83. The van der Waals surface area contributed by atoms with Gasteiger partial charge in [-0.05, 0) is 29.5 Å². The fourth-order valence-electron chi connectivity index (χ4n) is 2.51. The second-order valence-electron chi connectivity index (χ2n) is 5.65. The Kier molecular flexibility index (Phi) is 5.46. The lowest BCUT2D eigenvalue weighted by Gasteiger charge is -2.04. The van der Waals surface area contributed by atoms with Gasteiger partial charge in [0.1, 0.15) is 22.7 Å². The van der Waals surface area contributed by atoms with Crippen molar-refractivity contribution in [2.75, 3.05) is 5.32 Å². The van der Waals surface area contributed by atoms with Crippen LogP contribution in [0, 0.1) is 22.7 Å². The maximum Gasteiger partial charge on any atom is 0.266 e. The number of nitrogens with zero attached hydrogens (tertiary/aromatic N) is 3. The first-order chi connectivity index (χ1) is 13.2. The number of carbonyl (C=O) groups is 1. The van der Waals surface area contributed by atoms with Crippen LogP contribution in [0.5, 0.6) is 0 Å². The number of benzene rings is 1. The first kappa shape index (κ1) is 18.1. The first-order valence-electron chi connectivity index (χ1n) is 8.19. The summed E-state index contributed by atoms with van der Waals surface area (Å²) in [6.07, 6.45) is 4.00. The van der Waals surface area contributed by atoms with Crippen molar-refractivity contribution in [2.24, 2.45) is 0 Å². The van der Waals surface area contributed by atoms with Gasteiger partial charge in [-0.25, -0.2) is 0 Å². The van der Waals surface area contributed by atoms with Gasteiger partial charge in [0.25, 0.3) is 5.91 Å². The van der Waals surface area contributed by atoms with Crippen molar-refractivity contribution in [2.45, 2.75) is 13.3 Å². The second-order valence-corrected chi connectivity index (χ2v) is 6.57. The highest BCUT2D eigenvalue weighted by Crippen LogP contribution is 2.25. The van der Waals surface area contributed by atoms with E-state index in [-0.39, 0.29) is 5.57 Å². The maximum absolute atomic E-state index is 12.4. The monoisotopic (exact) mass is 373 g/mol. The van der Waals surface area contributed by atoms with E-state index in [0.717, 1.165) is 17.7 Å². The van der Waals surface area contributed by atoms with E-state index in [2.05, 4.69) is 22.4 Å². The van der Waals surface area contributed by atoms with Crippen LogP contribution in [-0.4, -0.2) is 16.1 Å². The molecule has 0 aliphatic rings. The molecule has 27 heavy (non-hydrogen) atoms. The molecular weight excluding hydrogens is 358 g/mol. The summed E-state index contributed by atoms with van der Waals surface area (Å²) < 4.78 is 0. The number of nitrogens with one attached hydrogen (secondary N) is 2. The van der Waals surface area contributed by atoms with Gasteiger partial charge in [-0.15, -0.1) is 11.3 Å². The van der Waals surface area contributed by atoms with E-state index in [1.54, 1.807) is 17.6 Å². The van der Waals surface area contributed by atoms with Gasteiger partial charge in [-0.1, -0.05) is 31.2 Å². The Balaban J connectivity index is 1.88. The zero-order valence-corrected chi connectivity index (χ0v) is 15.3. The summed E-state index contributed by atoms with van der Waals surface area (Å²) in [4.78, 5) is 12.4. The molecule has 0 saturated heterocycles. The molecule has 0 aliphatic heterocycles. The van der Waals surface area contributed by atoms with Crippen LogP contribution in [0.25, 0.3) is 17.3 Å². The summed E-state index contributed by atoms with van der Waals surface area (Å²) in [5.41, 5.74) is 3.80. The summed E-state index contributed by atoms with van der Waals surface area (Å²) >= 11 is 1.23. The zero-order valence-electron chi connectivity index (χ0n) is 14.5. The molecule has 0 bridgehead atoms. The van der Waals surface area contributed by atoms with Crippen LogP contribution >= 0.6 is 11.3 Å². The fraction of sp³-hybridized carbons (Fsp3) is 0.100. The molecule has 132 valence electrons. The Morgan fingerprint density at radius 2 is 2.07 bits per heavy atom. The molecule has 0 spiro atoms. The van der Waals surface area contributed by atoms with Crippen LogP contribution in [0.4, 0.5) is 5.00 Å². The van der Waals surface area contributed by atoms with Gasteiger partial charge >= 0.3 is 0 Å². The van der Waals surface area contributed by atoms with E-state index in [1.807, 2.05) is 36.4 Å². The molecule has 0 radical (unpaired) electrons. The lowest BCUT2D eigenvalue weighted by molar-refractivity contribution is -0.112. The maximum atomic E-state index is 12.4. The molecule has 1 amide bonds. The molecular formula is C20H15N5OS. The number of nitriles is 2. The topological polar surface area (TPSA) is 105 Å². The van der Waals surface area contributed by atoms with Crippen LogP contribution < -0.4 is 5.32 Å². The predicted octanol–water partition coefficient (Wildman–Crippen LogP) is 4.12. The number of rotatable bonds is 5. The number of hydrogen-bond acceptors (Lipinski definition) is 5. The minimum atomic E-state index is -0.565. The quantitative estimate of drug-likeness (QED) is 0.518. The van der Waals surface area contributed by atoms with Gasteiger partial charge in [-0.2, -0.15) is 15.6 Å². The van der Waals surface area contributed by atoms with Gasteiger partial charge < -0.3 is 5.32 Å². The van der Waals surface area contributed by atoms with E-state index in [0.29, 0.717) is 16.1 Å². The highest BCUT2D eigenvalue weighted by Gasteiger charge is 2.15. The van der Waals surface area contributed by atoms with Crippen LogP contribution in [0.2, 0.25) is 0 Å². The van der Waals surface area contributed by atoms with Crippen LogP contribution in [0.15, 0.2) is 47.5 Å². The molecule has 6 nitrogen and oxygen atoms in total. The number of hydrogen-bond donors (Lipinski definition) is 2. The number of thiophene rings is 1. The largest absolute Gasteiger partial charge is 0.312 e. The van der Waals surface area contributed by atoms with Crippen molar-refractivity contribution in [1.82, 2.24) is 10.2 Å². The average Bonchev–Trinajstić information content (AvgIpc) is 3.35. The van der Waals surface area contributed by atoms with Crippen LogP contribution in [0.3, 0.4) is 0 Å². The number of aromatic amines is 1. The van der Waals surface area contributed by atoms with Gasteiger partial charge in [0.15, 0.2) is 0 Å². The molecule has 3 aromatic rings. The summed E-state index contributed by atoms with van der Waals surface area (Å²) in [5, 5.41) is 30.1. The number of anilines is 1. The molecule has 0 saturated carbocycles. The molecule has 0 aliphatic carbocycles. The van der Waals surface area contributed by atoms with Crippen molar-refractivity contribution in [3.8, 4) is 23.4 Å². The third-order valence-electron chi connectivity index (χ3n) is 4.00. The Hall–Kier alpha value is -3.68. The number of aryl methyl sites for hydroxylation is 1. The van der Waals surface area contributed by atoms with Gasteiger partial charge in [0.2, 0.25) is 0 Å². The van der Waals surface area contributed by atoms with E-state index in [1.165, 1.54) is 23.0 Å². The first-order valence-corrected chi connectivity index (χ1v) is 9.07. The lowest BCUT2D eigenvalue weighted by Crippen LogP contribution is -2.13. The van der Waals surface area contributed by atoms with Crippen molar-refractivity contribution in [3.05, 3.63) is 64.2 Å².